The summed E-state index contributed by atoms with van der Waals surface area (Å²) in [5, 5.41) is 12.1. The Morgan fingerprint density at radius 1 is 1.53 bits per heavy atom. The van der Waals surface area contributed by atoms with Gasteiger partial charge in [-0.05, 0) is 19.3 Å². The first kappa shape index (κ1) is 14.1. The second-order valence-corrected chi connectivity index (χ2v) is 5.58. The maximum Gasteiger partial charge on any atom is 0.349 e. The Labute approximate surface area is 119 Å². The molecule has 0 aromatic carbocycles. The highest BCUT2D eigenvalue weighted by molar-refractivity contribution is 7.18. The predicted octanol–water partition coefficient (Wildman–Crippen LogP) is 1.60. The zero-order chi connectivity index (χ0) is 14.0. The monoisotopic (exact) mass is 303 g/mol. The second kappa shape index (κ2) is 5.75. The Kier molecular flexibility index (Phi) is 4.26. The molecular formula is C11H14ClN3O3S. The molecule has 1 aromatic rings. The number of carbonyl (C=O) groups excluding carboxylic acids is 1. The third kappa shape index (κ3) is 2.82. The highest BCUT2D eigenvalue weighted by atomic mass is 35.5. The fourth-order valence-electron chi connectivity index (χ4n) is 2.15. The molecular weight excluding hydrogens is 290 g/mol. The summed E-state index contributed by atoms with van der Waals surface area (Å²) in [4.78, 5) is 28.8. The molecule has 104 valence electrons. The van der Waals surface area contributed by atoms with Crippen molar-refractivity contribution in [3.63, 3.8) is 0 Å². The van der Waals surface area contributed by atoms with E-state index >= 15 is 0 Å². The van der Waals surface area contributed by atoms with Crippen molar-refractivity contribution in [2.75, 3.05) is 18.5 Å². The Bertz CT molecular complexity index is 505. The number of aromatic carboxylic acids is 1. The summed E-state index contributed by atoms with van der Waals surface area (Å²) >= 11 is 6.82. The van der Waals surface area contributed by atoms with Crippen LogP contribution in [-0.2, 0) is 4.79 Å². The maximum atomic E-state index is 11.9. The summed E-state index contributed by atoms with van der Waals surface area (Å²) < 4.78 is 0. The summed E-state index contributed by atoms with van der Waals surface area (Å²) in [7, 11) is 1.59. The number of thiazole rings is 1. The van der Waals surface area contributed by atoms with Crippen molar-refractivity contribution in [1.29, 1.82) is 0 Å². The van der Waals surface area contributed by atoms with Crippen molar-refractivity contribution in [2.45, 2.75) is 25.3 Å². The van der Waals surface area contributed by atoms with E-state index in [2.05, 4.69) is 10.3 Å². The SMILES string of the molecule is CNC(=O)C1CCCCN1c1nc(Cl)c(C(=O)O)s1. The average Bonchev–Trinajstić information content (AvgIpc) is 2.80. The van der Waals surface area contributed by atoms with Crippen molar-refractivity contribution in [3.05, 3.63) is 10.0 Å². The summed E-state index contributed by atoms with van der Waals surface area (Å²) in [6, 6.07) is -0.303. The third-order valence-electron chi connectivity index (χ3n) is 3.07. The summed E-state index contributed by atoms with van der Waals surface area (Å²) in [5.74, 6) is -1.18. The number of carboxylic acids is 1. The summed E-state index contributed by atoms with van der Waals surface area (Å²) in [6.45, 7) is 0.682. The molecule has 8 heteroatoms. The Hall–Kier alpha value is -1.34. The quantitative estimate of drug-likeness (QED) is 0.886. The molecule has 1 aromatic heterocycles. The number of hydrogen-bond acceptors (Lipinski definition) is 5. The molecule has 6 nitrogen and oxygen atoms in total. The van der Waals surface area contributed by atoms with Gasteiger partial charge in [0.05, 0.1) is 0 Å². The fraction of sp³-hybridized carbons (Fsp3) is 0.545. The van der Waals surface area contributed by atoms with Crippen LogP contribution < -0.4 is 10.2 Å². The average molecular weight is 304 g/mol. The molecule has 1 atom stereocenters. The molecule has 1 amide bonds. The zero-order valence-corrected chi connectivity index (χ0v) is 11.9. The van der Waals surface area contributed by atoms with Crippen molar-refractivity contribution in [1.82, 2.24) is 10.3 Å². The number of aromatic nitrogens is 1. The molecule has 1 unspecified atom stereocenters. The molecule has 0 aliphatic carbocycles. The minimum Gasteiger partial charge on any atom is -0.477 e. The van der Waals surface area contributed by atoms with E-state index in [9.17, 15) is 9.59 Å². The van der Waals surface area contributed by atoms with Crippen LogP contribution in [0, 0.1) is 0 Å². The van der Waals surface area contributed by atoms with Crippen LogP contribution in [0.4, 0.5) is 5.13 Å². The van der Waals surface area contributed by atoms with E-state index in [0.717, 1.165) is 30.6 Å². The van der Waals surface area contributed by atoms with Crippen LogP contribution in [0.15, 0.2) is 0 Å². The Morgan fingerprint density at radius 2 is 2.26 bits per heavy atom. The van der Waals surface area contributed by atoms with Gasteiger partial charge in [0.15, 0.2) is 15.2 Å². The largest absolute Gasteiger partial charge is 0.477 e. The molecule has 0 spiro atoms. The van der Waals surface area contributed by atoms with Gasteiger partial charge in [-0.3, -0.25) is 4.79 Å². The van der Waals surface area contributed by atoms with Gasteiger partial charge < -0.3 is 15.3 Å². The lowest BCUT2D eigenvalue weighted by atomic mass is 10.0. The standard InChI is InChI=1S/C11H14ClN3O3S/c1-13-9(16)6-4-2-3-5-15(6)11-14-8(12)7(19-11)10(17)18/h6H,2-5H2,1H3,(H,13,16)(H,17,18). The number of carboxylic acid groups (broad SMARTS) is 1. The molecule has 19 heavy (non-hydrogen) atoms. The lowest BCUT2D eigenvalue weighted by Gasteiger charge is -2.34. The number of likely N-dealkylation sites (N-methyl/N-ethyl adjacent to an activating group) is 1. The van der Waals surface area contributed by atoms with Gasteiger partial charge in [-0.25, -0.2) is 9.78 Å². The van der Waals surface area contributed by atoms with Crippen molar-refractivity contribution < 1.29 is 14.7 Å². The van der Waals surface area contributed by atoms with Crippen LogP contribution in [0.5, 0.6) is 0 Å². The first-order chi connectivity index (χ1) is 9.04. The molecule has 1 aliphatic rings. The smallest absolute Gasteiger partial charge is 0.349 e. The maximum absolute atomic E-state index is 11.9. The first-order valence-electron chi connectivity index (χ1n) is 5.92. The number of hydrogen-bond donors (Lipinski definition) is 2. The van der Waals surface area contributed by atoms with Gasteiger partial charge in [-0.15, -0.1) is 0 Å². The van der Waals surface area contributed by atoms with Crippen LogP contribution in [0.3, 0.4) is 0 Å². The van der Waals surface area contributed by atoms with Crippen LogP contribution in [-0.4, -0.2) is 41.6 Å². The van der Waals surface area contributed by atoms with E-state index < -0.39 is 5.97 Å². The molecule has 1 fully saturated rings. The minimum absolute atomic E-state index is 0.0119. The molecule has 2 rings (SSSR count). The number of carbonyl (C=O) groups is 2. The van der Waals surface area contributed by atoms with Crippen molar-refractivity contribution in [2.24, 2.45) is 0 Å². The van der Waals surface area contributed by atoms with Gasteiger partial charge in [0.25, 0.3) is 0 Å². The first-order valence-corrected chi connectivity index (χ1v) is 7.12. The van der Waals surface area contributed by atoms with Crippen molar-refractivity contribution in [3.8, 4) is 0 Å². The van der Waals surface area contributed by atoms with Gasteiger partial charge in [-0.1, -0.05) is 22.9 Å². The zero-order valence-electron chi connectivity index (χ0n) is 10.4. The predicted molar refractivity (Wildman–Crippen MR) is 73.1 cm³/mol. The van der Waals surface area contributed by atoms with E-state index in [1.165, 1.54) is 0 Å². The second-order valence-electron chi connectivity index (χ2n) is 4.24. The minimum atomic E-state index is -1.10. The molecule has 1 aliphatic heterocycles. The highest BCUT2D eigenvalue weighted by Gasteiger charge is 2.31. The lowest BCUT2D eigenvalue weighted by molar-refractivity contribution is -0.122. The van der Waals surface area contributed by atoms with E-state index in [4.69, 9.17) is 16.7 Å². The van der Waals surface area contributed by atoms with Gasteiger partial charge in [0.1, 0.15) is 6.04 Å². The molecule has 2 heterocycles. The number of rotatable bonds is 3. The van der Waals surface area contributed by atoms with Crippen molar-refractivity contribution >= 4 is 39.9 Å². The number of nitrogens with one attached hydrogen (secondary N) is 1. The van der Waals surface area contributed by atoms with Gasteiger partial charge in [0, 0.05) is 13.6 Å². The Morgan fingerprint density at radius 3 is 2.84 bits per heavy atom. The lowest BCUT2D eigenvalue weighted by Crippen LogP contribution is -2.48. The third-order valence-corrected chi connectivity index (χ3v) is 4.53. The van der Waals surface area contributed by atoms with E-state index in [1.807, 2.05) is 4.90 Å². The summed E-state index contributed by atoms with van der Waals surface area (Å²) in [6.07, 6.45) is 2.66. The number of halogens is 1. The molecule has 0 radical (unpaired) electrons. The van der Waals surface area contributed by atoms with Crippen LogP contribution >= 0.6 is 22.9 Å². The normalized spacial score (nSPS) is 19.3. The van der Waals surface area contributed by atoms with Gasteiger partial charge >= 0.3 is 5.97 Å². The topological polar surface area (TPSA) is 82.5 Å². The fourth-order valence-corrected chi connectivity index (χ4v) is 3.34. The van der Waals surface area contributed by atoms with Crippen LogP contribution in [0.2, 0.25) is 5.15 Å². The van der Waals surface area contributed by atoms with Gasteiger partial charge in [0.2, 0.25) is 5.91 Å². The van der Waals surface area contributed by atoms with E-state index in [-0.39, 0.29) is 22.0 Å². The Balaban J connectivity index is 2.29. The van der Waals surface area contributed by atoms with E-state index in [1.54, 1.807) is 7.05 Å². The number of piperidine rings is 1. The van der Waals surface area contributed by atoms with Gasteiger partial charge in [-0.2, -0.15) is 0 Å². The number of amides is 1. The number of anilines is 1. The highest BCUT2D eigenvalue weighted by Crippen LogP contribution is 2.33. The summed E-state index contributed by atoms with van der Waals surface area (Å²) in [5.41, 5.74) is 0. The number of nitrogens with zero attached hydrogens (tertiary/aromatic N) is 2. The molecule has 0 saturated carbocycles. The molecule has 0 bridgehead atoms. The molecule has 2 N–H and O–H groups in total. The van der Waals surface area contributed by atoms with Crippen LogP contribution in [0.1, 0.15) is 28.9 Å². The van der Waals surface area contributed by atoms with Crippen LogP contribution in [0.25, 0.3) is 0 Å². The molecule has 1 saturated heterocycles. The van der Waals surface area contributed by atoms with E-state index in [0.29, 0.717) is 11.7 Å².